The fourth-order valence-corrected chi connectivity index (χ4v) is 2.12. The molecule has 2 aromatic carbocycles. The van der Waals surface area contributed by atoms with Gasteiger partial charge in [0.1, 0.15) is 5.75 Å². The van der Waals surface area contributed by atoms with Gasteiger partial charge in [-0.2, -0.15) is 5.10 Å². The number of nitrogens with one attached hydrogen (secondary N) is 2. The van der Waals surface area contributed by atoms with Crippen LogP contribution < -0.4 is 25.0 Å². The second kappa shape index (κ2) is 9.17. The molecule has 0 aromatic heterocycles. The molecular weight excluding hydrogens is 322 g/mol. The van der Waals surface area contributed by atoms with E-state index in [-0.39, 0.29) is 12.5 Å². The molecule has 0 heterocycles. The van der Waals surface area contributed by atoms with E-state index in [0.717, 1.165) is 11.4 Å². The zero-order valence-electron chi connectivity index (χ0n) is 14.4. The maximum atomic E-state index is 11.8. The third-order valence-electron chi connectivity index (χ3n) is 3.37. The number of para-hydroxylation sites is 1. The van der Waals surface area contributed by atoms with Crippen molar-refractivity contribution in [1.82, 2.24) is 5.43 Å². The summed E-state index contributed by atoms with van der Waals surface area (Å²) in [7, 11) is 4.71. The maximum Gasteiger partial charge on any atom is 0.259 e. The Morgan fingerprint density at radius 3 is 2.44 bits per heavy atom. The van der Waals surface area contributed by atoms with Crippen LogP contribution in [0.4, 0.5) is 5.69 Å². The first-order valence-corrected chi connectivity index (χ1v) is 7.58. The fourth-order valence-electron chi connectivity index (χ4n) is 2.12. The van der Waals surface area contributed by atoms with Gasteiger partial charge < -0.3 is 19.5 Å². The fraction of sp³-hybridized carbons (Fsp3) is 0.222. The molecule has 0 bridgehead atoms. The Morgan fingerprint density at radius 2 is 1.80 bits per heavy atom. The van der Waals surface area contributed by atoms with E-state index in [1.807, 2.05) is 36.4 Å². The summed E-state index contributed by atoms with van der Waals surface area (Å²) in [6.07, 6.45) is 1.51. The third-order valence-corrected chi connectivity index (χ3v) is 3.37. The summed E-state index contributed by atoms with van der Waals surface area (Å²) in [4.78, 5) is 11.8. The molecule has 0 saturated heterocycles. The van der Waals surface area contributed by atoms with Gasteiger partial charge in [-0.1, -0.05) is 6.07 Å². The van der Waals surface area contributed by atoms with Crippen LogP contribution in [0.5, 0.6) is 17.2 Å². The van der Waals surface area contributed by atoms with Gasteiger partial charge in [0.25, 0.3) is 5.91 Å². The van der Waals surface area contributed by atoms with Gasteiger partial charge in [-0.3, -0.25) is 4.79 Å². The van der Waals surface area contributed by atoms with E-state index in [0.29, 0.717) is 17.1 Å². The number of amides is 1. The number of carbonyl (C=O) groups excluding carboxylic acids is 1. The molecular formula is C18H21N3O4. The van der Waals surface area contributed by atoms with Crippen molar-refractivity contribution in [2.24, 2.45) is 5.10 Å². The van der Waals surface area contributed by atoms with E-state index < -0.39 is 0 Å². The van der Waals surface area contributed by atoms with Gasteiger partial charge in [0.15, 0.2) is 11.5 Å². The van der Waals surface area contributed by atoms with Gasteiger partial charge in [-0.05, 0) is 36.4 Å². The molecule has 1 amide bonds. The Balaban J connectivity index is 1.88. The van der Waals surface area contributed by atoms with E-state index >= 15 is 0 Å². The first kappa shape index (κ1) is 18.1. The van der Waals surface area contributed by atoms with Gasteiger partial charge in [-0.25, -0.2) is 5.43 Å². The second-order valence-corrected chi connectivity index (χ2v) is 4.96. The Morgan fingerprint density at radius 1 is 1.04 bits per heavy atom. The highest BCUT2D eigenvalue weighted by atomic mass is 16.5. The highest BCUT2D eigenvalue weighted by Gasteiger charge is 2.07. The average molecular weight is 343 g/mol. The first-order chi connectivity index (χ1) is 12.2. The molecule has 7 heteroatoms. The topological polar surface area (TPSA) is 81.2 Å². The Kier molecular flexibility index (Phi) is 6.65. The monoisotopic (exact) mass is 343 g/mol. The number of nitrogens with zero attached hydrogens (tertiary/aromatic N) is 1. The molecule has 132 valence electrons. The predicted molar refractivity (Wildman–Crippen MR) is 96.8 cm³/mol. The number of ether oxygens (including phenoxy) is 3. The number of methoxy groups -OCH3 is 3. The van der Waals surface area contributed by atoms with Crippen molar-refractivity contribution >= 4 is 17.8 Å². The third kappa shape index (κ3) is 5.13. The summed E-state index contributed by atoms with van der Waals surface area (Å²) in [6.45, 7) is 0.0961. The Hall–Kier alpha value is -3.22. The van der Waals surface area contributed by atoms with Crippen LogP contribution in [0.1, 0.15) is 5.56 Å². The van der Waals surface area contributed by atoms with Crippen LogP contribution in [0.15, 0.2) is 47.6 Å². The molecule has 7 nitrogen and oxygen atoms in total. The van der Waals surface area contributed by atoms with Crippen molar-refractivity contribution in [3.8, 4) is 17.2 Å². The van der Waals surface area contributed by atoms with E-state index in [1.165, 1.54) is 6.21 Å². The number of carbonyl (C=O) groups is 1. The molecule has 0 aliphatic carbocycles. The summed E-state index contributed by atoms with van der Waals surface area (Å²) in [5.41, 5.74) is 3.97. The molecule has 0 aliphatic rings. The molecule has 0 spiro atoms. The molecule has 0 aliphatic heterocycles. The van der Waals surface area contributed by atoms with E-state index in [2.05, 4.69) is 15.8 Å². The predicted octanol–water partition coefficient (Wildman–Crippen LogP) is 2.27. The first-order valence-electron chi connectivity index (χ1n) is 7.58. The smallest absolute Gasteiger partial charge is 0.259 e. The summed E-state index contributed by atoms with van der Waals surface area (Å²) < 4.78 is 15.6. The summed E-state index contributed by atoms with van der Waals surface area (Å²) in [5, 5.41) is 6.94. The van der Waals surface area contributed by atoms with Gasteiger partial charge in [0.05, 0.1) is 34.1 Å². The number of anilines is 1. The zero-order chi connectivity index (χ0) is 18.1. The molecule has 0 radical (unpaired) electrons. The molecule has 0 saturated carbocycles. The summed E-state index contributed by atoms with van der Waals surface area (Å²) >= 11 is 0. The lowest BCUT2D eigenvalue weighted by molar-refractivity contribution is -0.119. The summed E-state index contributed by atoms with van der Waals surface area (Å²) in [6, 6.07) is 12.7. The molecule has 0 unspecified atom stereocenters. The minimum atomic E-state index is -0.270. The van der Waals surface area contributed by atoms with Crippen molar-refractivity contribution in [1.29, 1.82) is 0 Å². The highest BCUT2D eigenvalue weighted by Crippen LogP contribution is 2.29. The minimum absolute atomic E-state index is 0.0961. The SMILES string of the molecule is COc1ccc(NCC(=O)N/N=C/c2cccc(OC)c2OC)cc1. The van der Waals surface area contributed by atoms with E-state index in [4.69, 9.17) is 14.2 Å². The molecule has 2 aromatic rings. The van der Waals surface area contributed by atoms with Crippen molar-refractivity contribution in [3.63, 3.8) is 0 Å². The number of benzene rings is 2. The van der Waals surface area contributed by atoms with Crippen LogP contribution in [-0.4, -0.2) is 40.0 Å². The normalized spacial score (nSPS) is 10.4. The van der Waals surface area contributed by atoms with Crippen LogP contribution >= 0.6 is 0 Å². The second-order valence-electron chi connectivity index (χ2n) is 4.96. The Bertz CT molecular complexity index is 730. The van der Waals surface area contributed by atoms with Crippen molar-refractivity contribution in [2.75, 3.05) is 33.2 Å². The zero-order valence-corrected chi connectivity index (χ0v) is 14.4. The molecule has 2 rings (SSSR count). The summed E-state index contributed by atoms with van der Waals surface area (Å²) in [5.74, 6) is 1.64. The number of hydrogen-bond acceptors (Lipinski definition) is 6. The quantitative estimate of drug-likeness (QED) is 0.568. The van der Waals surface area contributed by atoms with E-state index in [1.54, 1.807) is 27.4 Å². The lowest BCUT2D eigenvalue weighted by atomic mass is 10.2. The largest absolute Gasteiger partial charge is 0.497 e. The van der Waals surface area contributed by atoms with Crippen LogP contribution in [-0.2, 0) is 4.79 Å². The number of hydrogen-bond donors (Lipinski definition) is 2. The van der Waals surface area contributed by atoms with E-state index in [9.17, 15) is 4.79 Å². The van der Waals surface area contributed by atoms with Crippen LogP contribution in [0.25, 0.3) is 0 Å². The van der Waals surface area contributed by atoms with Gasteiger partial charge in [0, 0.05) is 11.3 Å². The van der Waals surface area contributed by atoms with Crippen molar-refractivity contribution < 1.29 is 19.0 Å². The molecule has 0 atom stereocenters. The Labute approximate surface area is 146 Å². The lowest BCUT2D eigenvalue weighted by Gasteiger charge is -2.09. The van der Waals surface area contributed by atoms with Gasteiger partial charge >= 0.3 is 0 Å². The molecule has 2 N–H and O–H groups in total. The highest BCUT2D eigenvalue weighted by molar-refractivity contribution is 5.87. The van der Waals surface area contributed by atoms with Crippen molar-refractivity contribution in [2.45, 2.75) is 0 Å². The average Bonchev–Trinajstić information content (AvgIpc) is 2.66. The maximum absolute atomic E-state index is 11.8. The number of rotatable bonds is 8. The van der Waals surface area contributed by atoms with Crippen molar-refractivity contribution in [3.05, 3.63) is 48.0 Å². The number of hydrazone groups is 1. The van der Waals surface area contributed by atoms with Crippen LogP contribution in [0.3, 0.4) is 0 Å². The van der Waals surface area contributed by atoms with Crippen LogP contribution in [0, 0.1) is 0 Å². The standard InChI is InChI=1S/C18H21N3O4/c1-23-15-9-7-14(8-10-15)19-12-17(22)21-20-11-13-5-4-6-16(24-2)18(13)25-3/h4-11,19H,12H2,1-3H3,(H,21,22)/b20-11+. The van der Waals surface area contributed by atoms with Crippen LogP contribution in [0.2, 0.25) is 0 Å². The van der Waals surface area contributed by atoms with Gasteiger partial charge in [-0.15, -0.1) is 0 Å². The minimum Gasteiger partial charge on any atom is -0.497 e. The molecule has 0 fully saturated rings. The molecule has 25 heavy (non-hydrogen) atoms. The van der Waals surface area contributed by atoms with Gasteiger partial charge in [0.2, 0.25) is 0 Å². The lowest BCUT2D eigenvalue weighted by Crippen LogP contribution is -2.25.